The van der Waals surface area contributed by atoms with Gasteiger partial charge in [0.15, 0.2) is 0 Å². The van der Waals surface area contributed by atoms with Gasteiger partial charge in [-0.15, -0.1) is 0 Å². The number of hydrogen-bond donors (Lipinski definition) is 9. The van der Waals surface area contributed by atoms with E-state index in [4.69, 9.17) is 14.6 Å². The van der Waals surface area contributed by atoms with Gasteiger partial charge in [-0.1, -0.05) is 0 Å². The predicted molar refractivity (Wildman–Crippen MR) is 175 cm³/mol. The van der Waals surface area contributed by atoms with Crippen molar-refractivity contribution in [2.24, 2.45) is 5.41 Å². The number of nitrogens with one attached hydrogen (secondary N) is 5. The molecule has 0 saturated carbocycles. The van der Waals surface area contributed by atoms with Crippen LogP contribution >= 0.6 is 0 Å². The number of amides is 5. The molecule has 9 N–H and O–H groups in total. The van der Waals surface area contributed by atoms with Crippen molar-refractivity contribution in [2.75, 3.05) is 45.3 Å². The largest absolute Gasteiger partial charge is 0.481 e. The molecule has 3 atom stereocenters. The quantitative estimate of drug-likeness (QED) is 0.0157. The van der Waals surface area contributed by atoms with Crippen molar-refractivity contribution < 1.29 is 80.9 Å². The maximum Gasteiger partial charge on any atom is 0.326 e. The summed E-state index contributed by atoms with van der Waals surface area (Å²) >= 11 is 0. The lowest BCUT2D eigenvalue weighted by atomic mass is 9.88. The summed E-state index contributed by atoms with van der Waals surface area (Å²) in [6.07, 6.45) is -0.562. The lowest BCUT2D eigenvalue weighted by molar-refractivity contribution is -0.147. The maximum absolute atomic E-state index is 12.7. The van der Waals surface area contributed by atoms with E-state index < -0.39 is 113 Å². The van der Waals surface area contributed by atoms with Gasteiger partial charge in [-0.3, -0.25) is 38.1 Å². The number of aliphatic carboxylic acids is 3. The van der Waals surface area contributed by atoms with E-state index in [0.717, 1.165) is 0 Å². The number of ether oxygens (including phenoxy) is 2. The Morgan fingerprint density at radius 1 is 0.712 bits per heavy atom. The van der Waals surface area contributed by atoms with Crippen LogP contribution in [0.3, 0.4) is 0 Å². The normalized spacial score (nSPS) is 13.1. The summed E-state index contributed by atoms with van der Waals surface area (Å²) in [7, 11) is -4.85. The lowest BCUT2D eigenvalue weighted by Crippen LogP contribution is -2.54. The molecule has 0 aromatic carbocycles. The van der Waals surface area contributed by atoms with Crippen LogP contribution < -0.4 is 26.6 Å². The van der Waals surface area contributed by atoms with E-state index in [-0.39, 0.29) is 52.0 Å². The van der Waals surface area contributed by atoms with Gasteiger partial charge in [-0.2, -0.15) is 8.42 Å². The number of carbonyl (C=O) groups is 9. The molecule has 0 radical (unpaired) electrons. The molecule has 22 nitrogen and oxygen atoms in total. The minimum Gasteiger partial charge on any atom is -0.481 e. The second kappa shape index (κ2) is 24.4. The summed E-state index contributed by atoms with van der Waals surface area (Å²) in [5.41, 5.74) is -1.32. The van der Waals surface area contributed by atoms with Crippen LogP contribution in [0.5, 0.6) is 0 Å². The Kier molecular flexibility index (Phi) is 22.2. The third-order valence-electron chi connectivity index (χ3n) is 6.99. The van der Waals surface area contributed by atoms with E-state index in [1.54, 1.807) is 0 Å². The zero-order chi connectivity index (χ0) is 39.9. The number of rotatable bonds is 29. The van der Waals surface area contributed by atoms with Crippen molar-refractivity contribution in [1.82, 2.24) is 26.6 Å². The van der Waals surface area contributed by atoms with Crippen molar-refractivity contribution >= 4 is 63.8 Å². The van der Waals surface area contributed by atoms with Crippen molar-refractivity contribution in [3.8, 4) is 0 Å². The van der Waals surface area contributed by atoms with Crippen molar-refractivity contribution in [3.63, 3.8) is 0 Å². The zero-order valence-electron chi connectivity index (χ0n) is 28.7. The van der Waals surface area contributed by atoms with Gasteiger partial charge in [0.05, 0.1) is 25.2 Å². The topological polar surface area (TPSA) is 347 Å². The molecular formula is C29H47N5O17S. The van der Waals surface area contributed by atoms with Gasteiger partial charge in [0.2, 0.25) is 29.9 Å². The molecule has 296 valence electrons. The Hall–Kier alpha value is -4.74. The molecular weight excluding hydrogens is 722 g/mol. The molecule has 5 amide bonds. The Morgan fingerprint density at radius 2 is 1.31 bits per heavy atom. The van der Waals surface area contributed by atoms with Gasteiger partial charge in [0.25, 0.3) is 16.0 Å². The molecule has 0 rings (SSSR count). The first-order chi connectivity index (χ1) is 24.2. The minimum absolute atomic E-state index is 0.0102. The summed E-state index contributed by atoms with van der Waals surface area (Å²) < 4.78 is 42.4. The summed E-state index contributed by atoms with van der Waals surface area (Å²) in [6.45, 7) is 2.27. The summed E-state index contributed by atoms with van der Waals surface area (Å²) in [6, 6.07) is -4.83. The zero-order valence-corrected chi connectivity index (χ0v) is 29.5. The Labute approximate surface area is 298 Å². The third-order valence-corrected chi connectivity index (χ3v) is 7.75. The van der Waals surface area contributed by atoms with Gasteiger partial charge in [-0.05, 0) is 46.0 Å². The summed E-state index contributed by atoms with van der Waals surface area (Å²) in [4.78, 5) is 105. The number of aldehydes is 1. The first-order valence-electron chi connectivity index (χ1n) is 15.9. The van der Waals surface area contributed by atoms with Crippen LogP contribution in [-0.4, -0.2) is 145 Å². The van der Waals surface area contributed by atoms with Crippen LogP contribution in [0.1, 0.15) is 58.8 Å². The number of carboxylic acids is 3. The molecule has 0 saturated heterocycles. The number of carboxylic acid groups (broad SMARTS) is 3. The predicted octanol–water partition coefficient (Wildman–Crippen LogP) is -3.20. The van der Waals surface area contributed by atoms with Crippen LogP contribution in [-0.2, 0) is 62.7 Å². The molecule has 0 aromatic heterocycles. The molecule has 0 aromatic rings. The van der Waals surface area contributed by atoms with Crippen molar-refractivity contribution in [1.29, 1.82) is 0 Å². The van der Waals surface area contributed by atoms with Crippen LogP contribution in [0.4, 0.5) is 0 Å². The van der Waals surface area contributed by atoms with Crippen LogP contribution in [0.15, 0.2) is 0 Å². The highest BCUT2D eigenvalue weighted by molar-refractivity contribution is 7.85. The monoisotopic (exact) mass is 769 g/mol. The standard InChI is InChI=1S/C29H47N5O17S/c1-29(2,28(45)46)9-8-22(37)33-20(17-52(47,48)49)25(40)34-19(27(43)44)6-7-21(36)31-11-12-50-13-14-51-16-24(39)32-18(26(41)42)5-3-4-10-30-23(38)15-35/h15,18-20H,3-14,16-17H2,1-2H3,(H,30,38)(H,31,36)(H,32,39)(H,33,37)(H,34,40)(H,41,42)(H,43,44)(H,45,46)(H,47,48,49). The highest BCUT2D eigenvalue weighted by Crippen LogP contribution is 2.22. The highest BCUT2D eigenvalue weighted by atomic mass is 32.2. The number of carbonyl (C=O) groups excluding carboxylic acids is 6. The van der Waals surface area contributed by atoms with Crippen molar-refractivity contribution in [2.45, 2.75) is 76.9 Å². The molecule has 0 spiro atoms. The fourth-order valence-electron chi connectivity index (χ4n) is 3.95. The van der Waals surface area contributed by atoms with E-state index in [9.17, 15) is 66.3 Å². The average Bonchev–Trinajstić information content (AvgIpc) is 3.04. The Bertz CT molecular complexity index is 1370. The fourth-order valence-corrected chi connectivity index (χ4v) is 4.61. The number of unbranched alkanes of at least 4 members (excludes halogenated alkanes) is 1. The smallest absolute Gasteiger partial charge is 0.326 e. The molecule has 0 fully saturated rings. The minimum atomic E-state index is -4.85. The number of hydrogen-bond acceptors (Lipinski definition) is 13. The molecule has 0 aliphatic heterocycles. The lowest BCUT2D eigenvalue weighted by Gasteiger charge is -2.22. The second-order valence-electron chi connectivity index (χ2n) is 11.9. The second-order valence-corrected chi connectivity index (χ2v) is 13.4. The summed E-state index contributed by atoms with van der Waals surface area (Å²) in [5, 5.41) is 39.0. The van der Waals surface area contributed by atoms with Crippen LogP contribution in [0.2, 0.25) is 0 Å². The average molecular weight is 770 g/mol. The van der Waals surface area contributed by atoms with E-state index in [1.807, 2.05) is 10.6 Å². The van der Waals surface area contributed by atoms with E-state index in [1.165, 1.54) is 13.8 Å². The molecule has 3 unspecified atom stereocenters. The van der Waals surface area contributed by atoms with Gasteiger partial charge in [0, 0.05) is 25.9 Å². The van der Waals surface area contributed by atoms with Crippen LogP contribution in [0, 0.1) is 5.41 Å². The van der Waals surface area contributed by atoms with Gasteiger partial charge >= 0.3 is 17.9 Å². The Morgan fingerprint density at radius 3 is 1.88 bits per heavy atom. The van der Waals surface area contributed by atoms with Gasteiger partial charge < -0.3 is 51.4 Å². The van der Waals surface area contributed by atoms with E-state index in [2.05, 4.69) is 16.0 Å². The van der Waals surface area contributed by atoms with E-state index >= 15 is 0 Å². The molecule has 0 heterocycles. The Balaban J connectivity index is 4.54. The molecule has 0 bridgehead atoms. The summed E-state index contributed by atoms with van der Waals surface area (Å²) in [5.74, 6) is -9.71. The highest BCUT2D eigenvalue weighted by Gasteiger charge is 2.32. The van der Waals surface area contributed by atoms with Crippen molar-refractivity contribution in [3.05, 3.63) is 0 Å². The van der Waals surface area contributed by atoms with Gasteiger partial charge in [0.1, 0.15) is 30.5 Å². The maximum atomic E-state index is 12.7. The molecule has 0 aliphatic rings. The molecule has 52 heavy (non-hydrogen) atoms. The van der Waals surface area contributed by atoms with Gasteiger partial charge in [-0.25, -0.2) is 9.59 Å². The molecule has 0 aliphatic carbocycles. The third kappa shape index (κ3) is 22.9. The first kappa shape index (κ1) is 47.3. The first-order valence-corrected chi connectivity index (χ1v) is 17.5. The van der Waals surface area contributed by atoms with Crippen LogP contribution in [0.25, 0.3) is 0 Å². The van der Waals surface area contributed by atoms with E-state index in [0.29, 0.717) is 12.8 Å². The molecule has 23 heteroatoms. The SMILES string of the molecule is CC(C)(CCC(=O)NC(CS(=O)(=O)O)C(=O)NC(CCC(=O)NCCOCCOCC(=O)NC(CCCCNC(=O)C=O)C(=O)O)C(=O)O)C(=O)O. The fraction of sp³-hybridized carbons (Fsp3) is 0.690.